The first-order chi connectivity index (χ1) is 12.7. The van der Waals surface area contributed by atoms with Crippen LogP contribution in [0.25, 0.3) is 11.3 Å². The fourth-order valence-electron chi connectivity index (χ4n) is 2.78. The molecule has 26 heavy (non-hydrogen) atoms. The molecule has 1 heterocycles. The summed E-state index contributed by atoms with van der Waals surface area (Å²) in [7, 11) is 0. The number of hydrogen-bond donors (Lipinski definition) is 1. The summed E-state index contributed by atoms with van der Waals surface area (Å²) in [6.45, 7) is 5.01. The first kappa shape index (κ1) is 17.7. The molecule has 4 heteroatoms. The summed E-state index contributed by atoms with van der Waals surface area (Å²) in [6.07, 6.45) is 1.77. The van der Waals surface area contributed by atoms with Gasteiger partial charge in [-0.25, -0.2) is 0 Å². The van der Waals surface area contributed by atoms with Gasteiger partial charge in [0.1, 0.15) is 5.75 Å². The molecule has 0 aliphatic carbocycles. The summed E-state index contributed by atoms with van der Waals surface area (Å²) >= 11 is 0. The molecule has 0 bridgehead atoms. The van der Waals surface area contributed by atoms with Crippen LogP contribution in [0.3, 0.4) is 0 Å². The maximum absolute atomic E-state index is 12.4. The fourth-order valence-corrected chi connectivity index (χ4v) is 2.78. The van der Waals surface area contributed by atoms with Crippen molar-refractivity contribution in [1.29, 1.82) is 0 Å². The van der Waals surface area contributed by atoms with Gasteiger partial charge >= 0.3 is 0 Å². The fraction of sp³-hybridized carbons (Fsp3) is 0.182. The molecule has 0 saturated carbocycles. The standard InChI is InChI=1S/C22H22N2O2/c1-3-26-20-11-9-17(10-12-20)22(25)24-15-19-8-5-13-23-21(19)18-7-4-6-16(2)14-18/h4-14H,3,15H2,1-2H3,(H,24,25). The third-order valence-electron chi connectivity index (χ3n) is 4.05. The van der Waals surface area contributed by atoms with Gasteiger partial charge in [-0.15, -0.1) is 0 Å². The molecule has 4 nitrogen and oxygen atoms in total. The zero-order valence-corrected chi connectivity index (χ0v) is 15.0. The maximum atomic E-state index is 12.4. The van der Waals surface area contributed by atoms with E-state index in [2.05, 4.69) is 29.4 Å². The van der Waals surface area contributed by atoms with Gasteiger partial charge in [0, 0.05) is 23.9 Å². The normalized spacial score (nSPS) is 10.4. The van der Waals surface area contributed by atoms with Crippen molar-refractivity contribution in [2.24, 2.45) is 0 Å². The first-order valence-electron chi connectivity index (χ1n) is 8.69. The smallest absolute Gasteiger partial charge is 0.251 e. The van der Waals surface area contributed by atoms with Crippen LogP contribution in [-0.2, 0) is 6.54 Å². The van der Waals surface area contributed by atoms with E-state index < -0.39 is 0 Å². The summed E-state index contributed by atoms with van der Waals surface area (Å²) in [5.74, 6) is 0.644. The zero-order chi connectivity index (χ0) is 18.4. The second-order valence-corrected chi connectivity index (χ2v) is 6.02. The number of carbonyl (C=O) groups excluding carboxylic acids is 1. The molecule has 1 amide bonds. The lowest BCUT2D eigenvalue weighted by molar-refractivity contribution is 0.0951. The van der Waals surface area contributed by atoms with Crippen molar-refractivity contribution < 1.29 is 9.53 Å². The minimum absolute atomic E-state index is 0.118. The van der Waals surface area contributed by atoms with Crippen LogP contribution >= 0.6 is 0 Å². The van der Waals surface area contributed by atoms with E-state index in [4.69, 9.17) is 4.74 Å². The summed E-state index contributed by atoms with van der Waals surface area (Å²) in [5, 5.41) is 2.97. The Hall–Kier alpha value is -3.14. The number of benzene rings is 2. The Morgan fingerprint density at radius 3 is 2.62 bits per heavy atom. The number of hydrogen-bond acceptors (Lipinski definition) is 3. The van der Waals surface area contributed by atoms with Crippen molar-refractivity contribution in [3.63, 3.8) is 0 Å². The quantitative estimate of drug-likeness (QED) is 0.720. The van der Waals surface area contributed by atoms with Gasteiger partial charge in [0.25, 0.3) is 5.91 Å². The predicted molar refractivity (Wildman–Crippen MR) is 103 cm³/mol. The van der Waals surface area contributed by atoms with E-state index in [-0.39, 0.29) is 5.91 Å². The van der Waals surface area contributed by atoms with Crippen molar-refractivity contribution in [3.05, 3.63) is 83.6 Å². The van der Waals surface area contributed by atoms with Gasteiger partial charge in [-0.2, -0.15) is 0 Å². The van der Waals surface area contributed by atoms with Crippen molar-refractivity contribution in [3.8, 4) is 17.0 Å². The SMILES string of the molecule is CCOc1ccc(C(=O)NCc2cccnc2-c2cccc(C)c2)cc1. The van der Waals surface area contributed by atoms with Crippen LogP contribution in [-0.4, -0.2) is 17.5 Å². The van der Waals surface area contributed by atoms with Crippen molar-refractivity contribution in [2.75, 3.05) is 6.61 Å². The summed E-state index contributed by atoms with van der Waals surface area (Å²) < 4.78 is 5.40. The number of carbonyl (C=O) groups is 1. The zero-order valence-electron chi connectivity index (χ0n) is 15.0. The lowest BCUT2D eigenvalue weighted by Gasteiger charge is -2.11. The number of aryl methyl sites for hydroxylation is 1. The molecule has 0 spiro atoms. The number of nitrogens with zero attached hydrogens (tertiary/aromatic N) is 1. The molecular formula is C22H22N2O2. The van der Waals surface area contributed by atoms with E-state index in [1.807, 2.05) is 31.2 Å². The Bertz CT molecular complexity index is 889. The molecule has 0 unspecified atom stereocenters. The highest BCUT2D eigenvalue weighted by Crippen LogP contribution is 2.22. The molecule has 132 valence electrons. The van der Waals surface area contributed by atoms with Crippen LogP contribution in [0.2, 0.25) is 0 Å². The number of amides is 1. The highest BCUT2D eigenvalue weighted by Gasteiger charge is 2.10. The van der Waals surface area contributed by atoms with E-state index in [1.54, 1.807) is 30.5 Å². The number of nitrogens with one attached hydrogen (secondary N) is 1. The second kappa shape index (κ2) is 8.30. The second-order valence-electron chi connectivity index (χ2n) is 6.02. The molecule has 0 saturated heterocycles. The Balaban J connectivity index is 1.73. The highest BCUT2D eigenvalue weighted by atomic mass is 16.5. The Labute approximate surface area is 153 Å². The molecule has 0 aliphatic rings. The van der Waals surface area contributed by atoms with Gasteiger partial charge in [0.05, 0.1) is 12.3 Å². The molecule has 1 aromatic heterocycles. The Kier molecular flexibility index (Phi) is 5.64. The molecule has 0 fully saturated rings. The summed E-state index contributed by atoms with van der Waals surface area (Å²) in [4.78, 5) is 16.9. The Morgan fingerprint density at radius 1 is 1.08 bits per heavy atom. The predicted octanol–water partition coefficient (Wildman–Crippen LogP) is 4.39. The number of pyridine rings is 1. The van der Waals surface area contributed by atoms with E-state index in [9.17, 15) is 4.79 Å². The molecule has 0 aliphatic heterocycles. The van der Waals surface area contributed by atoms with E-state index in [0.29, 0.717) is 18.7 Å². The first-order valence-corrected chi connectivity index (χ1v) is 8.69. The molecule has 2 aromatic carbocycles. The summed E-state index contributed by atoms with van der Waals surface area (Å²) in [5.41, 5.74) is 4.71. The van der Waals surface area contributed by atoms with Gasteiger partial charge in [0.2, 0.25) is 0 Å². The van der Waals surface area contributed by atoms with Gasteiger partial charge in [-0.1, -0.05) is 29.8 Å². The topological polar surface area (TPSA) is 51.2 Å². The van der Waals surface area contributed by atoms with Gasteiger partial charge in [0.15, 0.2) is 0 Å². The third kappa shape index (κ3) is 4.28. The molecule has 0 atom stereocenters. The number of ether oxygens (including phenoxy) is 1. The minimum Gasteiger partial charge on any atom is -0.494 e. The third-order valence-corrected chi connectivity index (χ3v) is 4.05. The maximum Gasteiger partial charge on any atom is 0.251 e. The largest absolute Gasteiger partial charge is 0.494 e. The van der Waals surface area contributed by atoms with Gasteiger partial charge in [-0.05, 0) is 55.8 Å². The van der Waals surface area contributed by atoms with Gasteiger partial charge < -0.3 is 10.1 Å². The average Bonchev–Trinajstić information content (AvgIpc) is 2.67. The minimum atomic E-state index is -0.118. The van der Waals surface area contributed by atoms with Gasteiger partial charge in [-0.3, -0.25) is 9.78 Å². The molecule has 3 aromatic rings. The molecule has 1 N–H and O–H groups in total. The number of aromatic nitrogens is 1. The van der Waals surface area contributed by atoms with Crippen LogP contribution in [0.4, 0.5) is 0 Å². The van der Waals surface area contributed by atoms with Crippen LogP contribution in [0.5, 0.6) is 5.75 Å². The monoisotopic (exact) mass is 346 g/mol. The van der Waals surface area contributed by atoms with Crippen molar-refractivity contribution in [1.82, 2.24) is 10.3 Å². The Morgan fingerprint density at radius 2 is 1.88 bits per heavy atom. The lowest BCUT2D eigenvalue weighted by Crippen LogP contribution is -2.23. The van der Waals surface area contributed by atoms with Crippen LogP contribution in [0.15, 0.2) is 66.9 Å². The number of rotatable bonds is 6. The van der Waals surface area contributed by atoms with Crippen LogP contribution in [0, 0.1) is 6.92 Å². The highest BCUT2D eigenvalue weighted by molar-refractivity contribution is 5.94. The van der Waals surface area contributed by atoms with Crippen molar-refractivity contribution >= 4 is 5.91 Å². The van der Waals surface area contributed by atoms with Crippen molar-refractivity contribution in [2.45, 2.75) is 20.4 Å². The average molecular weight is 346 g/mol. The summed E-state index contributed by atoms with van der Waals surface area (Å²) in [6, 6.07) is 19.2. The lowest BCUT2D eigenvalue weighted by atomic mass is 10.0. The van der Waals surface area contributed by atoms with E-state index in [0.717, 1.165) is 22.6 Å². The molecule has 0 radical (unpaired) electrons. The van der Waals surface area contributed by atoms with E-state index in [1.165, 1.54) is 5.56 Å². The molecule has 3 rings (SSSR count). The van der Waals surface area contributed by atoms with E-state index >= 15 is 0 Å². The van der Waals surface area contributed by atoms with Crippen LogP contribution in [0.1, 0.15) is 28.4 Å². The molecular weight excluding hydrogens is 324 g/mol. The van der Waals surface area contributed by atoms with Crippen LogP contribution < -0.4 is 10.1 Å².